The van der Waals surface area contributed by atoms with Crippen LogP contribution in [0.3, 0.4) is 0 Å². The molecule has 0 aliphatic rings. The zero-order valence-electron chi connectivity index (χ0n) is 35.5. The minimum atomic E-state index is -4.80. The van der Waals surface area contributed by atoms with Crippen molar-refractivity contribution in [3.8, 4) is 0 Å². The van der Waals surface area contributed by atoms with Crippen LogP contribution in [-0.2, 0) is 60.9 Å². The Morgan fingerprint density at radius 2 is 0.392 bits per heavy atom. The van der Waals surface area contributed by atoms with Gasteiger partial charge >= 0.3 is 18.1 Å². The molecular formula is C36H78O13Si2. The molecule has 0 aromatic carbocycles. The second kappa shape index (κ2) is 26.7. The van der Waals surface area contributed by atoms with Crippen LogP contribution in [0.5, 0.6) is 0 Å². The molecule has 0 aliphatic carbocycles. The molecule has 0 saturated heterocycles. The Morgan fingerprint density at radius 3 is 0.510 bits per heavy atom. The first-order chi connectivity index (χ1) is 23.6. The maximum absolute atomic E-state index is 6.55. The fraction of sp³-hybridized carbons (Fsp3) is 1.00. The van der Waals surface area contributed by atoms with Crippen LogP contribution in [0.1, 0.15) is 163 Å². The molecule has 15 heteroatoms. The van der Waals surface area contributed by atoms with E-state index in [1.165, 1.54) is 0 Å². The highest BCUT2D eigenvalue weighted by Gasteiger charge is 2.68. The summed E-state index contributed by atoms with van der Waals surface area (Å²) in [7, 11) is -9.61. The predicted molar refractivity (Wildman–Crippen MR) is 199 cm³/mol. The van der Waals surface area contributed by atoms with Crippen molar-refractivity contribution in [2.45, 2.75) is 200 Å². The van der Waals surface area contributed by atoms with Gasteiger partial charge in [0.15, 0.2) is 0 Å². The molecule has 0 rings (SSSR count). The van der Waals surface area contributed by atoms with E-state index in [0.29, 0.717) is 74.0 Å². The van der Waals surface area contributed by atoms with Crippen LogP contribution < -0.4 is 0 Å². The summed E-state index contributed by atoms with van der Waals surface area (Å²) in [6.45, 7) is 36.1. The lowest BCUT2D eigenvalue weighted by Gasteiger charge is -2.34. The Balaban J connectivity index is 7.21. The van der Waals surface area contributed by atoms with Crippen molar-refractivity contribution < 1.29 is 60.9 Å². The average Bonchev–Trinajstić information content (AvgIpc) is 2.96. The van der Waals surface area contributed by atoms with Gasteiger partial charge in [0.2, 0.25) is 0 Å². The highest BCUT2D eigenvalue weighted by Crippen LogP contribution is 2.29. The average molecular weight is 775 g/mol. The van der Waals surface area contributed by atoms with Gasteiger partial charge in [0.25, 0.3) is 0 Å². The third-order valence-corrected chi connectivity index (χ3v) is 10.8. The summed E-state index contributed by atoms with van der Waals surface area (Å²) < 4.78 is 42.7. The van der Waals surface area contributed by atoms with E-state index in [-0.39, 0.29) is 0 Å². The van der Waals surface area contributed by atoms with Crippen molar-refractivity contribution in [2.75, 3.05) is 0 Å². The third kappa shape index (κ3) is 26.4. The quantitative estimate of drug-likeness (QED) is 0.0367. The van der Waals surface area contributed by atoms with Gasteiger partial charge in [-0.3, -0.25) is 0 Å². The van der Waals surface area contributed by atoms with Crippen LogP contribution in [0, 0.1) is 35.5 Å². The summed E-state index contributed by atoms with van der Waals surface area (Å²) in [5.74, 6) is 1.82. The molecule has 0 amide bonds. The Hall–Kier alpha value is -0.0862. The minimum absolute atomic E-state index is 0.304. The van der Waals surface area contributed by atoms with Gasteiger partial charge in [0.1, 0.15) is 0 Å². The van der Waals surface area contributed by atoms with Crippen molar-refractivity contribution in [2.24, 2.45) is 35.5 Å². The zero-order chi connectivity index (χ0) is 39.4. The highest BCUT2D eigenvalue weighted by molar-refractivity contribution is 6.67. The molecule has 0 aromatic rings. The fourth-order valence-corrected chi connectivity index (χ4v) is 9.30. The maximum atomic E-state index is 6.55. The van der Waals surface area contributed by atoms with Crippen LogP contribution in [0.15, 0.2) is 0 Å². The van der Waals surface area contributed by atoms with Gasteiger partial charge in [0.05, 0.1) is 36.6 Å². The zero-order valence-corrected chi connectivity index (χ0v) is 37.5. The molecule has 0 aromatic heterocycles. The topological polar surface area (TPSA) is 120 Å². The van der Waals surface area contributed by atoms with Gasteiger partial charge in [-0.2, -0.15) is 27.5 Å². The molecular weight excluding hydrogens is 697 g/mol. The van der Waals surface area contributed by atoms with Gasteiger partial charge < -0.3 is 4.12 Å². The van der Waals surface area contributed by atoms with Crippen LogP contribution in [-0.4, -0.2) is 54.7 Å². The standard InChI is InChI=1S/C36H78O13Si2/c1-25(2)19-31(13)37-43-50(44-38-32(14)20-26(3)4,45-39-33(15)21-27(5)6)49-51(46-40-34(16)22-28(7)8,47-41-35(17)23-29(9)10)48-42-36(18)24-30(11)12/h25-36H,19-24H2,1-18H3. The molecule has 0 bridgehead atoms. The minimum Gasteiger partial charge on any atom is -0.317 e. The van der Waals surface area contributed by atoms with Crippen molar-refractivity contribution in [1.82, 2.24) is 0 Å². The van der Waals surface area contributed by atoms with E-state index in [4.69, 9.17) is 60.9 Å². The van der Waals surface area contributed by atoms with Crippen molar-refractivity contribution in [1.29, 1.82) is 0 Å². The molecule has 6 atom stereocenters. The molecule has 0 fully saturated rings. The summed E-state index contributed by atoms with van der Waals surface area (Å²) in [6.07, 6.45) is 1.54. The van der Waals surface area contributed by atoms with E-state index in [2.05, 4.69) is 83.1 Å². The molecule has 0 heterocycles. The number of hydrogen-bond donors (Lipinski definition) is 0. The van der Waals surface area contributed by atoms with Gasteiger partial charge in [-0.15, -0.1) is 0 Å². The second-order valence-electron chi connectivity index (χ2n) is 16.8. The first-order valence-electron chi connectivity index (χ1n) is 19.3. The Morgan fingerprint density at radius 1 is 0.255 bits per heavy atom. The largest absolute Gasteiger partial charge is 0.758 e. The third-order valence-electron chi connectivity index (χ3n) is 6.96. The normalized spacial score (nSPS) is 18.8. The lowest BCUT2D eigenvalue weighted by molar-refractivity contribution is -0.433. The van der Waals surface area contributed by atoms with Crippen molar-refractivity contribution >= 4 is 18.1 Å². The molecule has 6 unspecified atom stereocenters. The van der Waals surface area contributed by atoms with Gasteiger partial charge in [-0.1, -0.05) is 83.1 Å². The van der Waals surface area contributed by atoms with E-state index < -0.39 is 54.7 Å². The summed E-state index contributed by atoms with van der Waals surface area (Å²) in [5.41, 5.74) is 0. The van der Waals surface area contributed by atoms with Crippen molar-refractivity contribution in [3.63, 3.8) is 0 Å². The molecule has 13 nitrogen and oxygen atoms in total. The summed E-state index contributed by atoms with van der Waals surface area (Å²) in [4.78, 5) is 35.3. The first kappa shape index (κ1) is 50.9. The Kier molecular flexibility index (Phi) is 26.6. The van der Waals surface area contributed by atoms with E-state index in [0.717, 1.165) is 0 Å². The predicted octanol–water partition coefficient (Wildman–Crippen LogP) is 10.2. The van der Waals surface area contributed by atoms with Gasteiger partial charge in [0, 0.05) is 0 Å². The SMILES string of the molecule is CC(C)CC(C)OO[Si](OOC(C)CC(C)C)(OOC(C)CC(C)C)O[Si](OOC(C)CC(C)C)(OOC(C)CC(C)C)OOC(C)CC(C)C. The van der Waals surface area contributed by atoms with Gasteiger partial charge in [-0.25, -0.2) is 29.3 Å². The van der Waals surface area contributed by atoms with Crippen LogP contribution in [0.2, 0.25) is 0 Å². The molecule has 0 spiro atoms. The maximum Gasteiger partial charge on any atom is 0.758 e. The lowest BCUT2D eigenvalue weighted by Crippen LogP contribution is -2.63. The molecule has 51 heavy (non-hydrogen) atoms. The molecule has 308 valence electrons. The number of rotatable bonds is 32. The molecule has 0 saturated carbocycles. The lowest BCUT2D eigenvalue weighted by atomic mass is 10.1. The van der Waals surface area contributed by atoms with E-state index >= 15 is 0 Å². The smallest absolute Gasteiger partial charge is 0.317 e. The second-order valence-corrected chi connectivity index (χ2v) is 20.6. The molecule has 0 aliphatic heterocycles. The number of hydrogen-bond acceptors (Lipinski definition) is 13. The summed E-state index contributed by atoms with van der Waals surface area (Å²) in [5, 5.41) is 0. The van der Waals surface area contributed by atoms with E-state index in [9.17, 15) is 0 Å². The highest BCUT2D eigenvalue weighted by atomic mass is 28.5. The Labute approximate surface area is 313 Å². The van der Waals surface area contributed by atoms with Gasteiger partial charge in [-0.05, 0) is 116 Å². The van der Waals surface area contributed by atoms with Crippen LogP contribution in [0.25, 0.3) is 0 Å². The van der Waals surface area contributed by atoms with Crippen LogP contribution >= 0.6 is 0 Å². The van der Waals surface area contributed by atoms with E-state index in [1.54, 1.807) is 0 Å². The monoisotopic (exact) mass is 774 g/mol. The molecule has 0 N–H and O–H groups in total. The Bertz CT molecular complexity index is 683. The summed E-state index contributed by atoms with van der Waals surface area (Å²) in [6, 6.07) is 0. The van der Waals surface area contributed by atoms with E-state index in [1.807, 2.05) is 41.5 Å². The van der Waals surface area contributed by atoms with Crippen molar-refractivity contribution in [3.05, 3.63) is 0 Å². The van der Waals surface area contributed by atoms with Crippen LogP contribution in [0.4, 0.5) is 0 Å². The first-order valence-corrected chi connectivity index (χ1v) is 22.6. The summed E-state index contributed by atoms with van der Waals surface area (Å²) >= 11 is 0. The molecule has 0 radical (unpaired) electrons. The fourth-order valence-electron chi connectivity index (χ4n) is 5.40.